The molecule has 1 aliphatic carbocycles. The standard InChI is InChI=1S/C20H20ClNO5/c1-24-19-17-12-7-15-14(26-9-27-15)6-10(12)5-13-16(17)11(3-4-22(13)8-23)18(21)20(19)25-2/h6-7,13,23H,3-5,8-9H2,1-2H3/t13-/m0/s1. The molecule has 142 valence electrons. The first-order valence-corrected chi connectivity index (χ1v) is 9.29. The third-order valence-electron chi connectivity index (χ3n) is 5.79. The summed E-state index contributed by atoms with van der Waals surface area (Å²) < 4.78 is 22.6. The molecule has 0 unspecified atom stereocenters. The lowest BCUT2D eigenvalue weighted by atomic mass is 9.76. The van der Waals surface area contributed by atoms with Crippen LogP contribution in [0.4, 0.5) is 0 Å². The van der Waals surface area contributed by atoms with E-state index in [1.54, 1.807) is 14.2 Å². The zero-order valence-corrected chi connectivity index (χ0v) is 15.9. The van der Waals surface area contributed by atoms with E-state index in [0.29, 0.717) is 16.5 Å². The maximum atomic E-state index is 9.92. The highest BCUT2D eigenvalue weighted by atomic mass is 35.5. The quantitative estimate of drug-likeness (QED) is 0.870. The molecule has 7 heteroatoms. The van der Waals surface area contributed by atoms with Gasteiger partial charge in [0.25, 0.3) is 0 Å². The van der Waals surface area contributed by atoms with Gasteiger partial charge in [-0.2, -0.15) is 0 Å². The van der Waals surface area contributed by atoms with Crippen molar-refractivity contribution in [3.8, 4) is 34.1 Å². The second-order valence-corrected chi connectivity index (χ2v) is 7.31. The lowest BCUT2D eigenvalue weighted by Crippen LogP contribution is -2.39. The van der Waals surface area contributed by atoms with Crippen molar-refractivity contribution in [3.63, 3.8) is 0 Å². The third-order valence-corrected chi connectivity index (χ3v) is 6.19. The molecule has 5 rings (SSSR count). The summed E-state index contributed by atoms with van der Waals surface area (Å²) in [6.07, 6.45) is 1.51. The summed E-state index contributed by atoms with van der Waals surface area (Å²) in [4.78, 5) is 2.07. The summed E-state index contributed by atoms with van der Waals surface area (Å²) in [5.41, 5.74) is 5.33. The molecule has 0 saturated carbocycles. The molecule has 6 nitrogen and oxygen atoms in total. The van der Waals surface area contributed by atoms with Crippen molar-refractivity contribution in [1.29, 1.82) is 0 Å². The monoisotopic (exact) mass is 389 g/mol. The van der Waals surface area contributed by atoms with Gasteiger partial charge in [-0.1, -0.05) is 11.6 Å². The molecule has 1 atom stereocenters. The summed E-state index contributed by atoms with van der Waals surface area (Å²) in [5, 5.41) is 10.5. The van der Waals surface area contributed by atoms with Gasteiger partial charge in [-0.25, -0.2) is 0 Å². The first-order chi connectivity index (χ1) is 13.2. The Hall–Kier alpha value is -2.15. The Morgan fingerprint density at radius 2 is 1.93 bits per heavy atom. The number of benzene rings is 2. The second-order valence-electron chi connectivity index (χ2n) is 6.93. The Morgan fingerprint density at radius 1 is 1.19 bits per heavy atom. The summed E-state index contributed by atoms with van der Waals surface area (Å²) in [7, 11) is 3.23. The third kappa shape index (κ3) is 2.27. The average Bonchev–Trinajstić information content (AvgIpc) is 3.14. The summed E-state index contributed by atoms with van der Waals surface area (Å²) >= 11 is 6.71. The zero-order valence-electron chi connectivity index (χ0n) is 15.2. The first-order valence-electron chi connectivity index (χ1n) is 8.91. The van der Waals surface area contributed by atoms with Crippen LogP contribution in [0, 0.1) is 0 Å². The van der Waals surface area contributed by atoms with Crippen LogP contribution in [0.1, 0.15) is 22.7 Å². The number of ether oxygens (including phenoxy) is 4. The van der Waals surface area contributed by atoms with Crippen molar-refractivity contribution in [2.45, 2.75) is 18.9 Å². The van der Waals surface area contributed by atoms with Crippen LogP contribution in [-0.4, -0.2) is 44.3 Å². The Kier molecular flexibility index (Phi) is 3.89. The maximum Gasteiger partial charge on any atom is 0.231 e. The van der Waals surface area contributed by atoms with Crippen LogP contribution >= 0.6 is 11.6 Å². The maximum absolute atomic E-state index is 9.92. The predicted octanol–water partition coefficient (Wildman–Crippen LogP) is 3.16. The minimum absolute atomic E-state index is 0.00457. The zero-order chi connectivity index (χ0) is 18.7. The highest BCUT2D eigenvalue weighted by molar-refractivity contribution is 6.33. The molecule has 0 aromatic heterocycles. The van der Waals surface area contributed by atoms with Gasteiger partial charge in [0.2, 0.25) is 6.79 Å². The van der Waals surface area contributed by atoms with Crippen molar-refractivity contribution in [1.82, 2.24) is 4.90 Å². The smallest absolute Gasteiger partial charge is 0.231 e. The van der Waals surface area contributed by atoms with Crippen molar-refractivity contribution < 1.29 is 24.1 Å². The molecule has 2 aromatic rings. The second kappa shape index (κ2) is 6.19. The molecule has 0 fully saturated rings. The average molecular weight is 390 g/mol. The van der Waals surface area contributed by atoms with Crippen molar-refractivity contribution >= 4 is 11.6 Å². The fourth-order valence-corrected chi connectivity index (χ4v) is 4.95. The van der Waals surface area contributed by atoms with E-state index in [9.17, 15) is 5.11 Å². The van der Waals surface area contributed by atoms with E-state index in [2.05, 4.69) is 4.90 Å². The number of rotatable bonds is 3. The molecular weight excluding hydrogens is 370 g/mol. The number of fused-ring (bicyclic) bond motifs is 3. The Balaban J connectivity index is 1.86. The minimum Gasteiger partial charge on any atom is -0.492 e. The van der Waals surface area contributed by atoms with Crippen LogP contribution in [-0.2, 0) is 12.8 Å². The van der Waals surface area contributed by atoms with E-state index in [4.69, 9.17) is 30.5 Å². The number of hydrogen-bond acceptors (Lipinski definition) is 6. The van der Waals surface area contributed by atoms with Gasteiger partial charge < -0.3 is 24.1 Å². The van der Waals surface area contributed by atoms with E-state index in [-0.39, 0.29) is 19.6 Å². The largest absolute Gasteiger partial charge is 0.492 e. The van der Waals surface area contributed by atoms with Crippen LogP contribution in [0.25, 0.3) is 11.1 Å². The van der Waals surface area contributed by atoms with Crippen molar-refractivity contribution in [2.24, 2.45) is 0 Å². The fourth-order valence-electron chi connectivity index (χ4n) is 4.59. The van der Waals surface area contributed by atoms with Gasteiger partial charge in [-0.3, -0.25) is 4.90 Å². The number of hydrogen-bond donors (Lipinski definition) is 1. The van der Waals surface area contributed by atoms with Crippen LogP contribution in [0.5, 0.6) is 23.0 Å². The number of aliphatic hydroxyl groups excluding tert-OH is 1. The van der Waals surface area contributed by atoms with E-state index in [1.165, 1.54) is 0 Å². The minimum atomic E-state index is -0.00457. The Bertz CT molecular complexity index is 945. The summed E-state index contributed by atoms with van der Waals surface area (Å²) in [5.74, 6) is 2.65. The number of nitrogens with zero attached hydrogens (tertiary/aromatic N) is 1. The van der Waals surface area contributed by atoms with E-state index in [0.717, 1.165) is 58.7 Å². The Morgan fingerprint density at radius 3 is 2.63 bits per heavy atom. The number of aliphatic hydroxyl groups is 1. The molecule has 0 amide bonds. The Labute approximate surface area is 162 Å². The first kappa shape index (κ1) is 17.0. The molecule has 3 aliphatic rings. The van der Waals surface area contributed by atoms with Gasteiger partial charge in [0.05, 0.1) is 26.0 Å². The van der Waals surface area contributed by atoms with Gasteiger partial charge in [-0.15, -0.1) is 0 Å². The topological polar surface area (TPSA) is 60.4 Å². The SMILES string of the molecule is COc1c(Cl)c2c3c(c1OC)-c1cc4c(cc1C[C@@H]3N(CO)CC2)OCO4. The molecule has 27 heavy (non-hydrogen) atoms. The van der Waals surface area contributed by atoms with Crippen LogP contribution in [0.3, 0.4) is 0 Å². The van der Waals surface area contributed by atoms with Crippen molar-refractivity contribution in [3.05, 3.63) is 33.8 Å². The van der Waals surface area contributed by atoms with E-state index in [1.807, 2.05) is 12.1 Å². The molecule has 0 saturated heterocycles. The van der Waals surface area contributed by atoms with Crippen LogP contribution in [0.15, 0.2) is 12.1 Å². The predicted molar refractivity (Wildman–Crippen MR) is 100 cm³/mol. The molecule has 2 aliphatic heterocycles. The highest BCUT2D eigenvalue weighted by Gasteiger charge is 2.40. The summed E-state index contributed by atoms with van der Waals surface area (Å²) in [6, 6.07) is 4.07. The van der Waals surface area contributed by atoms with Crippen LogP contribution in [0.2, 0.25) is 5.02 Å². The van der Waals surface area contributed by atoms with Gasteiger partial charge >= 0.3 is 0 Å². The van der Waals surface area contributed by atoms with Gasteiger partial charge in [0, 0.05) is 18.2 Å². The van der Waals surface area contributed by atoms with Gasteiger partial charge in [0.1, 0.15) is 0 Å². The number of halogens is 1. The lowest BCUT2D eigenvalue weighted by Gasteiger charge is -2.41. The number of methoxy groups -OCH3 is 2. The molecule has 2 aromatic carbocycles. The van der Waals surface area contributed by atoms with E-state index >= 15 is 0 Å². The van der Waals surface area contributed by atoms with Gasteiger partial charge in [-0.05, 0) is 47.2 Å². The molecular formula is C20H20ClNO5. The molecule has 0 spiro atoms. The van der Waals surface area contributed by atoms with Crippen LogP contribution < -0.4 is 18.9 Å². The highest BCUT2D eigenvalue weighted by Crippen LogP contribution is 2.57. The molecule has 1 N–H and O–H groups in total. The van der Waals surface area contributed by atoms with Crippen molar-refractivity contribution in [2.75, 3.05) is 34.3 Å². The summed E-state index contributed by atoms with van der Waals surface area (Å²) in [6.45, 7) is 0.960. The molecule has 2 heterocycles. The lowest BCUT2D eigenvalue weighted by molar-refractivity contribution is 0.0601. The molecule has 0 radical (unpaired) electrons. The normalized spacial score (nSPS) is 19.5. The molecule has 0 bridgehead atoms. The van der Waals surface area contributed by atoms with E-state index < -0.39 is 0 Å². The fraction of sp³-hybridized carbons (Fsp3) is 0.400. The van der Waals surface area contributed by atoms with Gasteiger partial charge in [0.15, 0.2) is 23.0 Å².